The minimum Gasteiger partial charge on any atom is -0.376 e. The molecule has 2 rings (SSSR count). The second-order valence-electron chi connectivity index (χ2n) is 4.67. The Labute approximate surface area is 108 Å². The molecule has 1 aliphatic carbocycles. The van der Waals surface area contributed by atoms with Crippen LogP contribution < -0.4 is 0 Å². The summed E-state index contributed by atoms with van der Waals surface area (Å²) in [6.07, 6.45) is -3.67. The third-order valence-corrected chi connectivity index (χ3v) is 3.26. The topological polar surface area (TPSA) is 37.3 Å². The summed E-state index contributed by atoms with van der Waals surface area (Å²) in [7, 11) is 0. The Balaban J connectivity index is 2.36. The van der Waals surface area contributed by atoms with Crippen LogP contribution >= 0.6 is 0 Å². The van der Waals surface area contributed by atoms with Crippen LogP contribution in [-0.4, -0.2) is 17.1 Å². The predicted octanol–water partition coefficient (Wildman–Crippen LogP) is 3.12. The van der Waals surface area contributed by atoms with E-state index in [0.717, 1.165) is 0 Å². The standard InChI is InChI=1S/C14H13F3O2/c15-14(16,17)13(19,11-4-2-1-3-5-11)9-10-6-7-12(18)8-10/h1-5,8,19H,6-7,9H2/t13-/m1/s1. The number of hydrogen-bond acceptors (Lipinski definition) is 2. The minimum absolute atomic E-state index is 0.187. The van der Waals surface area contributed by atoms with E-state index in [0.29, 0.717) is 5.57 Å². The molecule has 0 radical (unpaired) electrons. The van der Waals surface area contributed by atoms with E-state index in [1.807, 2.05) is 0 Å². The summed E-state index contributed by atoms with van der Waals surface area (Å²) < 4.78 is 39.5. The Bertz CT molecular complexity index is 505. The van der Waals surface area contributed by atoms with Crippen molar-refractivity contribution in [2.45, 2.75) is 31.0 Å². The lowest BCUT2D eigenvalue weighted by Gasteiger charge is -2.31. The van der Waals surface area contributed by atoms with Crippen molar-refractivity contribution in [1.29, 1.82) is 0 Å². The summed E-state index contributed by atoms with van der Waals surface area (Å²) >= 11 is 0. The number of carbonyl (C=O) groups excluding carboxylic acids is 1. The van der Waals surface area contributed by atoms with Crippen molar-refractivity contribution in [3.05, 3.63) is 47.5 Å². The number of hydrogen-bond donors (Lipinski definition) is 1. The van der Waals surface area contributed by atoms with E-state index in [-0.39, 0.29) is 24.2 Å². The monoisotopic (exact) mass is 270 g/mol. The van der Waals surface area contributed by atoms with Crippen molar-refractivity contribution in [2.75, 3.05) is 0 Å². The van der Waals surface area contributed by atoms with Gasteiger partial charge in [0.2, 0.25) is 0 Å². The van der Waals surface area contributed by atoms with Crippen LogP contribution in [-0.2, 0) is 10.4 Å². The molecule has 0 heterocycles. The molecule has 0 fully saturated rings. The van der Waals surface area contributed by atoms with Gasteiger partial charge in [-0.15, -0.1) is 0 Å². The molecule has 2 nitrogen and oxygen atoms in total. The molecule has 0 unspecified atom stereocenters. The van der Waals surface area contributed by atoms with Crippen LogP contribution in [0, 0.1) is 0 Å². The highest BCUT2D eigenvalue weighted by Gasteiger charge is 2.55. The highest BCUT2D eigenvalue weighted by molar-refractivity contribution is 5.92. The first-order valence-electron chi connectivity index (χ1n) is 5.90. The molecule has 0 amide bonds. The van der Waals surface area contributed by atoms with Crippen LogP contribution in [0.4, 0.5) is 13.2 Å². The van der Waals surface area contributed by atoms with E-state index in [2.05, 4.69) is 0 Å². The molecule has 0 aliphatic heterocycles. The SMILES string of the molecule is O=C1C=C(C[C@@](O)(c2ccccc2)C(F)(F)F)CC1. The molecule has 0 spiro atoms. The second-order valence-corrected chi connectivity index (χ2v) is 4.67. The highest BCUT2D eigenvalue weighted by Crippen LogP contribution is 2.44. The smallest absolute Gasteiger partial charge is 0.376 e. The minimum atomic E-state index is -4.79. The zero-order chi connectivity index (χ0) is 14.1. The van der Waals surface area contributed by atoms with Gasteiger partial charge < -0.3 is 5.11 Å². The van der Waals surface area contributed by atoms with E-state index < -0.39 is 18.2 Å². The van der Waals surface area contributed by atoms with Crippen LogP contribution in [0.15, 0.2) is 42.0 Å². The molecule has 0 aromatic heterocycles. The lowest BCUT2D eigenvalue weighted by atomic mass is 9.86. The van der Waals surface area contributed by atoms with Gasteiger partial charge in [0.05, 0.1) is 0 Å². The van der Waals surface area contributed by atoms with Crippen molar-refractivity contribution < 1.29 is 23.1 Å². The molecular formula is C14H13F3O2. The lowest BCUT2D eigenvalue weighted by molar-refractivity contribution is -0.266. The largest absolute Gasteiger partial charge is 0.421 e. The van der Waals surface area contributed by atoms with Gasteiger partial charge in [0.25, 0.3) is 0 Å². The summed E-state index contributed by atoms with van der Waals surface area (Å²) in [4.78, 5) is 11.1. The van der Waals surface area contributed by atoms with E-state index in [9.17, 15) is 23.1 Å². The Morgan fingerprint density at radius 3 is 2.21 bits per heavy atom. The number of carbonyl (C=O) groups is 1. The van der Waals surface area contributed by atoms with Gasteiger partial charge >= 0.3 is 6.18 Å². The van der Waals surface area contributed by atoms with Gasteiger partial charge in [-0.3, -0.25) is 4.79 Å². The number of benzene rings is 1. The number of halogens is 3. The van der Waals surface area contributed by atoms with E-state index in [1.54, 1.807) is 6.07 Å². The molecule has 0 bridgehead atoms. The van der Waals surface area contributed by atoms with E-state index in [4.69, 9.17) is 0 Å². The molecule has 5 heteroatoms. The van der Waals surface area contributed by atoms with Crippen molar-refractivity contribution >= 4 is 5.78 Å². The molecule has 1 atom stereocenters. The number of ketones is 1. The number of rotatable bonds is 3. The molecular weight excluding hydrogens is 257 g/mol. The maximum absolute atomic E-state index is 13.2. The van der Waals surface area contributed by atoms with Crippen molar-refractivity contribution in [2.24, 2.45) is 0 Å². The number of aliphatic hydroxyl groups is 1. The van der Waals surface area contributed by atoms with Gasteiger partial charge in [-0.1, -0.05) is 35.9 Å². The Hall–Kier alpha value is -1.62. The summed E-state index contributed by atoms with van der Waals surface area (Å²) in [5.74, 6) is -0.187. The maximum atomic E-state index is 13.2. The van der Waals surface area contributed by atoms with E-state index in [1.165, 1.54) is 30.3 Å². The Morgan fingerprint density at radius 1 is 1.11 bits per heavy atom. The first-order valence-corrected chi connectivity index (χ1v) is 5.90. The molecule has 1 aromatic carbocycles. The van der Waals surface area contributed by atoms with Crippen molar-refractivity contribution in [3.63, 3.8) is 0 Å². The van der Waals surface area contributed by atoms with Crippen LogP contribution in [0.1, 0.15) is 24.8 Å². The second kappa shape index (κ2) is 4.81. The van der Waals surface area contributed by atoms with Crippen molar-refractivity contribution in [1.82, 2.24) is 0 Å². The zero-order valence-electron chi connectivity index (χ0n) is 10.1. The third kappa shape index (κ3) is 2.71. The molecule has 1 N–H and O–H groups in total. The average Bonchev–Trinajstić information content (AvgIpc) is 2.74. The fourth-order valence-corrected chi connectivity index (χ4v) is 2.20. The first kappa shape index (κ1) is 13.8. The summed E-state index contributed by atoms with van der Waals surface area (Å²) in [5, 5.41) is 10.1. The fraction of sp³-hybridized carbons (Fsp3) is 0.357. The molecule has 19 heavy (non-hydrogen) atoms. The van der Waals surface area contributed by atoms with Crippen molar-refractivity contribution in [3.8, 4) is 0 Å². The fourth-order valence-electron chi connectivity index (χ4n) is 2.20. The summed E-state index contributed by atoms with van der Waals surface area (Å²) in [6, 6.07) is 6.95. The van der Waals surface area contributed by atoms with Gasteiger partial charge in [-0.05, 0) is 18.1 Å². The Kier molecular flexibility index (Phi) is 3.49. The number of allylic oxidation sites excluding steroid dienone is 1. The van der Waals surface area contributed by atoms with Crippen LogP contribution in [0.5, 0.6) is 0 Å². The van der Waals surface area contributed by atoms with Gasteiger partial charge in [0.15, 0.2) is 11.4 Å². The average molecular weight is 270 g/mol. The molecule has 102 valence electrons. The molecule has 0 saturated carbocycles. The lowest BCUT2D eigenvalue weighted by Crippen LogP contribution is -2.42. The van der Waals surface area contributed by atoms with Gasteiger partial charge in [0.1, 0.15) is 0 Å². The molecule has 1 aliphatic rings. The quantitative estimate of drug-likeness (QED) is 0.916. The summed E-state index contributed by atoms with van der Waals surface area (Å²) in [5.41, 5.74) is -2.80. The maximum Gasteiger partial charge on any atom is 0.421 e. The zero-order valence-corrected chi connectivity index (χ0v) is 10.1. The Morgan fingerprint density at radius 2 is 1.74 bits per heavy atom. The third-order valence-electron chi connectivity index (χ3n) is 3.26. The van der Waals surface area contributed by atoms with Gasteiger partial charge in [-0.25, -0.2) is 0 Å². The predicted molar refractivity (Wildman–Crippen MR) is 63.3 cm³/mol. The first-order chi connectivity index (χ1) is 8.83. The van der Waals surface area contributed by atoms with Crippen LogP contribution in [0.2, 0.25) is 0 Å². The van der Waals surface area contributed by atoms with E-state index >= 15 is 0 Å². The van der Waals surface area contributed by atoms with Crippen LogP contribution in [0.25, 0.3) is 0 Å². The van der Waals surface area contributed by atoms with Crippen LogP contribution in [0.3, 0.4) is 0 Å². The summed E-state index contributed by atoms with van der Waals surface area (Å²) in [6.45, 7) is 0. The number of alkyl halides is 3. The van der Waals surface area contributed by atoms with Gasteiger partial charge in [0, 0.05) is 12.8 Å². The normalized spacial score (nSPS) is 19.2. The molecule has 0 saturated heterocycles. The van der Waals surface area contributed by atoms with Gasteiger partial charge in [-0.2, -0.15) is 13.2 Å². The highest BCUT2D eigenvalue weighted by atomic mass is 19.4. The molecule has 1 aromatic rings.